The van der Waals surface area contributed by atoms with Gasteiger partial charge in [0.2, 0.25) is 0 Å². The second-order valence-electron chi connectivity index (χ2n) is 6.60. The van der Waals surface area contributed by atoms with Crippen LogP contribution in [0.15, 0.2) is 12.7 Å². The smallest absolute Gasteiger partial charge is 0.167 e. The van der Waals surface area contributed by atoms with Crippen LogP contribution in [0.3, 0.4) is 0 Å². The van der Waals surface area contributed by atoms with Crippen molar-refractivity contribution in [3.05, 3.63) is 12.7 Å². The number of fused-ring (bicyclic) bond motifs is 1. The van der Waals surface area contributed by atoms with Crippen molar-refractivity contribution in [1.82, 2.24) is 19.5 Å². The van der Waals surface area contributed by atoms with E-state index in [4.69, 9.17) is 16.2 Å². The fourth-order valence-corrected chi connectivity index (χ4v) is 4.96. The molecule has 2 fully saturated rings. The number of nitrogens with zero attached hydrogens (tertiary/aromatic N) is 4. The predicted octanol–water partition coefficient (Wildman–Crippen LogP) is -0.359. The molecule has 6 N–H and O–H groups in total. The standard InChI is InChI=1S/C15H22N6O3S/c16-7-2-1-3-9(7)25-4-8-11(22)12(23)15(24-8)21-6-20-10-13(17)18-5-19-14(10)21/h5-9,11-12,15,22-23H,1-4,16H2,(H2,17,18,19)/t7-,8+,9+,11+,12+,15+/m0/s1. The highest BCUT2D eigenvalue weighted by atomic mass is 32.2. The molecule has 0 unspecified atom stereocenters. The van der Waals surface area contributed by atoms with Gasteiger partial charge in [-0.25, -0.2) is 15.0 Å². The lowest BCUT2D eigenvalue weighted by Crippen LogP contribution is -2.34. The number of nitrogens with two attached hydrogens (primary N) is 2. The Morgan fingerprint density at radius 1 is 1.24 bits per heavy atom. The number of aliphatic hydroxyl groups excluding tert-OH is 2. The molecule has 0 bridgehead atoms. The van der Waals surface area contributed by atoms with Crippen LogP contribution in [0.2, 0.25) is 0 Å². The number of ether oxygens (including phenoxy) is 1. The molecule has 2 aliphatic rings. The van der Waals surface area contributed by atoms with E-state index >= 15 is 0 Å². The predicted molar refractivity (Wildman–Crippen MR) is 93.7 cm³/mol. The summed E-state index contributed by atoms with van der Waals surface area (Å²) in [5.41, 5.74) is 12.8. The summed E-state index contributed by atoms with van der Waals surface area (Å²) in [7, 11) is 0. The van der Waals surface area contributed by atoms with Crippen molar-refractivity contribution >= 4 is 28.7 Å². The summed E-state index contributed by atoms with van der Waals surface area (Å²) in [6.45, 7) is 0. The zero-order valence-electron chi connectivity index (χ0n) is 13.6. The molecule has 1 saturated carbocycles. The zero-order chi connectivity index (χ0) is 17.6. The largest absolute Gasteiger partial charge is 0.387 e. The molecule has 3 heterocycles. The summed E-state index contributed by atoms with van der Waals surface area (Å²) in [4.78, 5) is 12.2. The first-order valence-electron chi connectivity index (χ1n) is 8.38. The van der Waals surface area contributed by atoms with Gasteiger partial charge in [-0.1, -0.05) is 6.42 Å². The first-order valence-corrected chi connectivity index (χ1v) is 9.43. The van der Waals surface area contributed by atoms with E-state index in [-0.39, 0.29) is 11.9 Å². The van der Waals surface area contributed by atoms with Crippen LogP contribution in [-0.2, 0) is 4.74 Å². The topological polar surface area (TPSA) is 145 Å². The van der Waals surface area contributed by atoms with Crippen LogP contribution in [-0.4, -0.2) is 65.1 Å². The molecule has 1 aliphatic heterocycles. The third kappa shape index (κ3) is 2.97. The summed E-state index contributed by atoms with van der Waals surface area (Å²) in [6.07, 6.45) is 2.80. The number of aromatic nitrogens is 4. The van der Waals surface area contributed by atoms with Crippen molar-refractivity contribution in [3.63, 3.8) is 0 Å². The highest BCUT2D eigenvalue weighted by Gasteiger charge is 2.44. The molecule has 1 aliphatic carbocycles. The number of aliphatic hydroxyl groups is 2. The van der Waals surface area contributed by atoms with E-state index < -0.39 is 24.5 Å². The number of rotatable bonds is 4. The van der Waals surface area contributed by atoms with Gasteiger partial charge in [-0.05, 0) is 12.8 Å². The van der Waals surface area contributed by atoms with Crippen molar-refractivity contribution < 1.29 is 14.9 Å². The number of anilines is 1. The molecule has 0 amide bonds. The van der Waals surface area contributed by atoms with Crippen LogP contribution in [0.1, 0.15) is 25.5 Å². The first kappa shape index (κ1) is 17.0. The van der Waals surface area contributed by atoms with Crippen molar-refractivity contribution in [2.24, 2.45) is 5.73 Å². The minimum absolute atomic E-state index is 0.196. The van der Waals surface area contributed by atoms with Crippen LogP contribution >= 0.6 is 11.8 Å². The molecule has 0 radical (unpaired) electrons. The Morgan fingerprint density at radius 3 is 2.84 bits per heavy atom. The molecule has 9 nitrogen and oxygen atoms in total. The summed E-state index contributed by atoms with van der Waals surface area (Å²) < 4.78 is 7.52. The van der Waals surface area contributed by atoms with Gasteiger partial charge in [-0.2, -0.15) is 11.8 Å². The van der Waals surface area contributed by atoms with Gasteiger partial charge in [0, 0.05) is 17.0 Å². The average molecular weight is 366 g/mol. The van der Waals surface area contributed by atoms with E-state index in [9.17, 15) is 10.2 Å². The number of imidazole rings is 1. The van der Waals surface area contributed by atoms with Crippen LogP contribution in [0.5, 0.6) is 0 Å². The molecule has 10 heteroatoms. The Bertz CT molecular complexity index is 758. The van der Waals surface area contributed by atoms with E-state index in [0.717, 1.165) is 19.3 Å². The molecule has 0 aromatic carbocycles. The Kier molecular flexibility index (Phi) is 4.54. The maximum absolute atomic E-state index is 10.4. The van der Waals surface area contributed by atoms with Gasteiger partial charge in [0.15, 0.2) is 17.7 Å². The average Bonchev–Trinajstić information content (AvgIpc) is 3.27. The van der Waals surface area contributed by atoms with E-state index in [1.807, 2.05) is 0 Å². The Labute approximate surface area is 148 Å². The number of hydrogen-bond acceptors (Lipinski definition) is 9. The highest BCUT2D eigenvalue weighted by molar-refractivity contribution is 8.00. The van der Waals surface area contributed by atoms with Crippen LogP contribution < -0.4 is 11.5 Å². The van der Waals surface area contributed by atoms with Crippen LogP contribution in [0.25, 0.3) is 11.2 Å². The van der Waals surface area contributed by atoms with Gasteiger partial charge in [-0.15, -0.1) is 0 Å². The lowest BCUT2D eigenvalue weighted by molar-refractivity contribution is -0.0289. The Morgan fingerprint density at radius 2 is 2.08 bits per heavy atom. The van der Waals surface area contributed by atoms with Crippen molar-refractivity contribution in [3.8, 4) is 0 Å². The quantitative estimate of drug-likeness (QED) is 0.570. The van der Waals surface area contributed by atoms with Crippen molar-refractivity contribution in [2.45, 2.75) is 55.1 Å². The van der Waals surface area contributed by atoms with E-state index in [2.05, 4.69) is 15.0 Å². The number of thioether (sulfide) groups is 1. The fourth-order valence-electron chi connectivity index (χ4n) is 3.53. The molecule has 4 rings (SSSR count). The lowest BCUT2D eigenvalue weighted by atomic mass is 10.1. The second-order valence-corrected chi connectivity index (χ2v) is 7.87. The molecular weight excluding hydrogens is 344 g/mol. The third-order valence-electron chi connectivity index (χ3n) is 4.98. The van der Waals surface area contributed by atoms with Crippen LogP contribution in [0.4, 0.5) is 5.82 Å². The lowest BCUT2D eigenvalue weighted by Gasteiger charge is -2.19. The highest BCUT2D eigenvalue weighted by Crippen LogP contribution is 2.36. The van der Waals surface area contributed by atoms with Gasteiger partial charge < -0.3 is 26.4 Å². The monoisotopic (exact) mass is 366 g/mol. The van der Waals surface area contributed by atoms with Gasteiger partial charge in [-0.3, -0.25) is 4.57 Å². The fraction of sp³-hybridized carbons (Fsp3) is 0.667. The molecule has 2 aromatic heterocycles. The van der Waals surface area contributed by atoms with E-state index in [1.54, 1.807) is 16.3 Å². The summed E-state index contributed by atoms with van der Waals surface area (Å²) in [5.74, 6) is 0.843. The minimum atomic E-state index is -1.07. The SMILES string of the molecule is Nc1ncnc2c1ncn2[C@@H]1O[C@H](CS[C@@H]2CCC[C@@H]2N)[C@@H](O)[C@H]1O. The maximum Gasteiger partial charge on any atom is 0.167 e. The molecule has 136 valence electrons. The second kappa shape index (κ2) is 6.69. The van der Waals surface area contributed by atoms with Gasteiger partial charge in [0.1, 0.15) is 24.1 Å². The molecule has 6 atom stereocenters. The third-order valence-corrected chi connectivity index (χ3v) is 6.51. The van der Waals surface area contributed by atoms with Gasteiger partial charge >= 0.3 is 0 Å². The number of nitrogen functional groups attached to an aromatic ring is 1. The van der Waals surface area contributed by atoms with E-state index in [0.29, 0.717) is 22.2 Å². The minimum Gasteiger partial charge on any atom is -0.387 e. The van der Waals surface area contributed by atoms with Crippen LogP contribution in [0, 0.1) is 0 Å². The van der Waals surface area contributed by atoms with Crippen molar-refractivity contribution in [2.75, 3.05) is 11.5 Å². The Balaban J connectivity index is 1.50. The van der Waals surface area contributed by atoms with Gasteiger partial charge in [0.25, 0.3) is 0 Å². The summed E-state index contributed by atoms with van der Waals surface area (Å²) in [5, 5.41) is 21.2. The summed E-state index contributed by atoms with van der Waals surface area (Å²) in [6, 6.07) is 0.196. The molecule has 2 aromatic rings. The normalized spacial score (nSPS) is 35.6. The van der Waals surface area contributed by atoms with Crippen molar-refractivity contribution in [1.29, 1.82) is 0 Å². The van der Waals surface area contributed by atoms with E-state index in [1.165, 1.54) is 12.7 Å². The first-order chi connectivity index (χ1) is 12.1. The molecular formula is C15H22N6O3S. The summed E-state index contributed by atoms with van der Waals surface area (Å²) >= 11 is 1.71. The number of hydrogen-bond donors (Lipinski definition) is 4. The zero-order valence-corrected chi connectivity index (χ0v) is 14.4. The van der Waals surface area contributed by atoms with Gasteiger partial charge in [0.05, 0.1) is 12.4 Å². The Hall–Kier alpha value is -1.46. The maximum atomic E-state index is 10.4. The molecule has 1 saturated heterocycles. The molecule has 25 heavy (non-hydrogen) atoms. The molecule has 0 spiro atoms.